The van der Waals surface area contributed by atoms with Crippen LogP contribution in [0.25, 0.3) is 0 Å². The molecule has 0 aromatic carbocycles. The Hall–Kier alpha value is -1.05. The van der Waals surface area contributed by atoms with Crippen LogP contribution >= 0.6 is 0 Å². The molecule has 0 aliphatic heterocycles. The molecule has 7 heteroatoms. The molecule has 1 N–H and O–H groups in total. The van der Waals surface area contributed by atoms with Gasteiger partial charge in [0.05, 0.1) is 0 Å². The lowest BCUT2D eigenvalue weighted by molar-refractivity contribution is 0.173. The molecule has 106 valence electrons. The second kappa shape index (κ2) is 5.52. The molecule has 0 unspecified atom stereocenters. The molecule has 1 aromatic heterocycles. The number of hydrogen-bond donors (Lipinski definition) is 1. The molecule has 1 saturated carbocycles. The number of rotatable bonds is 7. The maximum Gasteiger partial charge on any atom is 0.261 e. The molecule has 1 fully saturated rings. The van der Waals surface area contributed by atoms with Crippen LogP contribution in [0.5, 0.6) is 0 Å². The van der Waals surface area contributed by atoms with Crippen molar-refractivity contribution in [3.05, 3.63) is 24.1 Å². The fraction of sp³-hybridized carbons (Fsp3) is 0.583. The summed E-state index contributed by atoms with van der Waals surface area (Å²) in [5, 5.41) is -0.544. The van der Waals surface area contributed by atoms with Gasteiger partial charge in [0, 0.05) is 26.5 Å². The molecule has 0 spiro atoms. The summed E-state index contributed by atoms with van der Waals surface area (Å²) >= 11 is 0. The van der Waals surface area contributed by atoms with Crippen molar-refractivity contribution in [2.45, 2.75) is 24.3 Å². The lowest BCUT2D eigenvalue weighted by Gasteiger charge is -2.15. The van der Waals surface area contributed by atoms with Gasteiger partial charge in [0.25, 0.3) is 10.0 Å². The van der Waals surface area contributed by atoms with E-state index in [-0.39, 0.29) is 5.41 Å². The van der Waals surface area contributed by atoms with Crippen LogP contribution in [0.1, 0.15) is 19.3 Å². The van der Waals surface area contributed by atoms with Crippen molar-refractivity contribution in [3.8, 4) is 0 Å². The normalized spacial score (nSPS) is 17.4. The van der Waals surface area contributed by atoms with Gasteiger partial charge in [0.1, 0.15) is 0 Å². The van der Waals surface area contributed by atoms with Crippen LogP contribution in [-0.2, 0) is 14.8 Å². The minimum absolute atomic E-state index is 0.0334. The Labute approximate surface area is 112 Å². The summed E-state index contributed by atoms with van der Waals surface area (Å²) in [7, 11) is -2.27. The van der Waals surface area contributed by atoms with Crippen LogP contribution in [-0.4, -0.2) is 33.7 Å². The van der Waals surface area contributed by atoms with Crippen molar-refractivity contribution in [1.29, 1.82) is 0 Å². The van der Waals surface area contributed by atoms with Crippen molar-refractivity contribution in [2.24, 2.45) is 5.41 Å². The Morgan fingerprint density at radius 2 is 2.26 bits per heavy atom. The molecule has 19 heavy (non-hydrogen) atoms. The van der Waals surface area contributed by atoms with Gasteiger partial charge in [-0.15, -0.1) is 0 Å². The van der Waals surface area contributed by atoms with Crippen molar-refractivity contribution in [1.82, 2.24) is 9.71 Å². The van der Waals surface area contributed by atoms with Gasteiger partial charge in [-0.1, -0.05) is 0 Å². The quantitative estimate of drug-likeness (QED) is 0.821. The average Bonchev–Trinajstić information content (AvgIpc) is 3.15. The topological polar surface area (TPSA) is 68.3 Å². The lowest BCUT2D eigenvalue weighted by atomic mass is 10.0. The van der Waals surface area contributed by atoms with Crippen LogP contribution < -0.4 is 4.72 Å². The second-order valence-corrected chi connectivity index (χ2v) is 6.54. The van der Waals surface area contributed by atoms with E-state index in [1.165, 1.54) is 12.3 Å². The molecule has 0 atom stereocenters. The highest BCUT2D eigenvalue weighted by Crippen LogP contribution is 2.48. The molecular formula is C12H17FN2O3S. The Morgan fingerprint density at radius 1 is 1.53 bits per heavy atom. The van der Waals surface area contributed by atoms with Gasteiger partial charge in [0.2, 0.25) is 5.03 Å². The van der Waals surface area contributed by atoms with E-state index < -0.39 is 20.9 Å². The van der Waals surface area contributed by atoms with Crippen LogP contribution in [0.15, 0.2) is 23.4 Å². The van der Waals surface area contributed by atoms with E-state index >= 15 is 0 Å². The van der Waals surface area contributed by atoms with Crippen LogP contribution in [0.2, 0.25) is 0 Å². The standard InChI is InChI=1S/C12H17FN2O3S/c1-18-8-6-12(4-5-12)9-15-19(16,17)11-10(13)3-2-7-14-11/h2-3,7,15H,4-6,8-9H2,1H3. The van der Waals surface area contributed by atoms with E-state index in [2.05, 4.69) is 9.71 Å². The predicted octanol–water partition coefficient (Wildman–Crippen LogP) is 1.32. The summed E-state index contributed by atoms with van der Waals surface area (Å²) in [6.45, 7) is 0.897. The predicted molar refractivity (Wildman–Crippen MR) is 67.5 cm³/mol. The summed E-state index contributed by atoms with van der Waals surface area (Å²) in [5.41, 5.74) is -0.0334. The summed E-state index contributed by atoms with van der Waals surface area (Å²) in [4.78, 5) is 3.58. The number of methoxy groups -OCH3 is 1. The van der Waals surface area contributed by atoms with Gasteiger partial charge >= 0.3 is 0 Å². The van der Waals surface area contributed by atoms with E-state index in [1.54, 1.807) is 7.11 Å². The van der Waals surface area contributed by atoms with E-state index in [4.69, 9.17) is 4.74 Å². The number of nitrogens with zero attached hydrogens (tertiary/aromatic N) is 1. The number of nitrogens with one attached hydrogen (secondary N) is 1. The fourth-order valence-electron chi connectivity index (χ4n) is 1.90. The molecule has 0 saturated heterocycles. The average molecular weight is 288 g/mol. The third kappa shape index (κ3) is 3.49. The minimum atomic E-state index is -3.89. The first-order chi connectivity index (χ1) is 8.99. The Bertz CT molecular complexity index is 544. The zero-order valence-electron chi connectivity index (χ0n) is 10.7. The molecule has 1 heterocycles. The minimum Gasteiger partial charge on any atom is -0.385 e. The maximum atomic E-state index is 13.4. The summed E-state index contributed by atoms with van der Waals surface area (Å²) < 4.78 is 44.8. The molecule has 1 aliphatic carbocycles. The third-order valence-corrected chi connectivity index (χ3v) is 4.74. The van der Waals surface area contributed by atoms with Crippen molar-refractivity contribution in [3.63, 3.8) is 0 Å². The number of pyridine rings is 1. The molecule has 0 amide bonds. The summed E-state index contributed by atoms with van der Waals surface area (Å²) in [6, 6.07) is 2.44. The van der Waals surface area contributed by atoms with Gasteiger partial charge in [-0.2, -0.15) is 0 Å². The first kappa shape index (κ1) is 14.4. The maximum absolute atomic E-state index is 13.4. The van der Waals surface area contributed by atoms with Gasteiger partial charge in [-0.3, -0.25) is 0 Å². The smallest absolute Gasteiger partial charge is 0.261 e. The lowest BCUT2D eigenvalue weighted by Crippen LogP contribution is -2.32. The van der Waals surface area contributed by atoms with Crippen molar-refractivity contribution in [2.75, 3.05) is 20.3 Å². The molecule has 2 rings (SSSR count). The van der Waals surface area contributed by atoms with E-state index in [9.17, 15) is 12.8 Å². The molecule has 1 aliphatic rings. The molecular weight excluding hydrogens is 271 g/mol. The highest BCUT2D eigenvalue weighted by atomic mass is 32.2. The number of aromatic nitrogens is 1. The fourth-order valence-corrected chi connectivity index (χ4v) is 3.05. The first-order valence-electron chi connectivity index (χ1n) is 6.08. The van der Waals surface area contributed by atoms with Gasteiger partial charge in [-0.25, -0.2) is 22.5 Å². The summed E-state index contributed by atoms with van der Waals surface area (Å²) in [6.07, 6.45) is 3.99. The Balaban J connectivity index is 2.01. The van der Waals surface area contributed by atoms with E-state index in [0.717, 1.165) is 25.3 Å². The van der Waals surface area contributed by atoms with Crippen LogP contribution in [0, 0.1) is 11.2 Å². The SMILES string of the molecule is COCCC1(CNS(=O)(=O)c2ncccc2F)CC1. The van der Waals surface area contributed by atoms with Gasteiger partial charge in [0.15, 0.2) is 5.82 Å². The highest BCUT2D eigenvalue weighted by Gasteiger charge is 2.42. The Morgan fingerprint density at radius 3 is 2.84 bits per heavy atom. The monoisotopic (exact) mass is 288 g/mol. The number of halogens is 1. The molecule has 0 bridgehead atoms. The third-order valence-electron chi connectivity index (χ3n) is 3.41. The van der Waals surface area contributed by atoms with Gasteiger partial charge in [-0.05, 0) is 36.8 Å². The van der Waals surface area contributed by atoms with Gasteiger partial charge < -0.3 is 4.74 Å². The molecule has 0 radical (unpaired) electrons. The van der Waals surface area contributed by atoms with Crippen LogP contribution in [0.4, 0.5) is 4.39 Å². The number of ether oxygens (including phenoxy) is 1. The highest BCUT2D eigenvalue weighted by molar-refractivity contribution is 7.89. The molecule has 1 aromatic rings. The van der Waals surface area contributed by atoms with Crippen molar-refractivity contribution >= 4 is 10.0 Å². The number of hydrogen-bond acceptors (Lipinski definition) is 4. The number of sulfonamides is 1. The van der Waals surface area contributed by atoms with Crippen molar-refractivity contribution < 1.29 is 17.5 Å². The zero-order chi connectivity index (χ0) is 13.9. The second-order valence-electron chi connectivity index (χ2n) is 4.86. The largest absolute Gasteiger partial charge is 0.385 e. The first-order valence-corrected chi connectivity index (χ1v) is 7.57. The molecule has 5 nitrogen and oxygen atoms in total. The van der Waals surface area contributed by atoms with E-state index in [1.807, 2.05) is 0 Å². The van der Waals surface area contributed by atoms with E-state index in [0.29, 0.717) is 13.2 Å². The Kier molecular flexibility index (Phi) is 4.17. The summed E-state index contributed by atoms with van der Waals surface area (Å²) in [5.74, 6) is -0.836. The zero-order valence-corrected chi connectivity index (χ0v) is 11.5. The van der Waals surface area contributed by atoms with Crippen LogP contribution in [0.3, 0.4) is 0 Å².